The summed E-state index contributed by atoms with van der Waals surface area (Å²) in [5, 5.41) is 0. The summed E-state index contributed by atoms with van der Waals surface area (Å²) in [5.74, 6) is -0.336. The Morgan fingerprint density at radius 2 is 1.83 bits per heavy atom. The van der Waals surface area contributed by atoms with E-state index in [0.717, 1.165) is 5.56 Å². The molecule has 0 aromatic heterocycles. The number of hydrogen-bond donors (Lipinski definition) is 0. The van der Waals surface area contributed by atoms with Gasteiger partial charge in [0, 0.05) is 0 Å². The molecule has 98 valence electrons. The molecule has 0 saturated heterocycles. The van der Waals surface area contributed by atoms with Gasteiger partial charge in [0.1, 0.15) is 4.48 Å². The quantitative estimate of drug-likeness (QED) is 0.615. The molecule has 0 heterocycles. The van der Waals surface area contributed by atoms with E-state index in [1.54, 1.807) is 13.0 Å². The van der Waals surface area contributed by atoms with E-state index in [2.05, 4.69) is 48.8 Å². The second-order valence-electron chi connectivity index (χ2n) is 5.08. The molecule has 0 aliphatic rings. The Kier molecular flexibility index (Phi) is 5.15. The van der Waals surface area contributed by atoms with Gasteiger partial charge in [0.2, 0.25) is 0 Å². The Morgan fingerprint density at radius 3 is 2.28 bits per heavy atom. The van der Waals surface area contributed by atoms with E-state index >= 15 is 0 Å². The Balaban J connectivity index is 2.87. The highest BCUT2D eigenvalue weighted by Gasteiger charge is 2.13. The molecule has 0 saturated carbocycles. The highest BCUT2D eigenvalue weighted by Crippen LogP contribution is 2.23. The minimum Gasteiger partial charge on any atom is -0.462 e. The van der Waals surface area contributed by atoms with Crippen LogP contribution in [-0.4, -0.2) is 12.6 Å². The zero-order valence-corrected chi connectivity index (χ0v) is 12.9. The van der Waals surface area contributed by atoms with Crippen LogP contribution < -0.4 is 0 Å². The summed E-state index contributed by atoms with van der Waals surface area (Å²) in [6.07, 6.45) is 1.77. The summed E-state index contributed by atoms with van der Waals surface area (Å²) in [4.78, 5) is 11.4. The number of rotatable bonds is 3. The number of ether oxygens (including phenoxy) is 1. The predicted molar refractivity (Wildman–Crippen MR) is 78.7 cm³/mol. The van der Waals surface area contributed by atoms with Crippen molar-refractivity contribution in [2.75, 3.05) is 6.61 Å². The molecule has 1 aromatic carbocycles. The van der Waals surface area contributed by atoms with Crippen molar-refractivity contribution in [2.24, 2.45) is 0 Å². The smallest absolute Gasteiger partial charge is 0.345 e. The van der Waals surface area contributed by atoms with Crippen LogP contribution in [0.4, 0.5) is 0 Å². The summed E-state index contributed by atoms with van der Waals surface area (Å²) in [6, 6.07) is 8.16. The van der Waals surface area contributed by atoms with Gasteiger partial charge in [-0.2, -0.15) is 0 Å². The van der Waals surface area contributed by atoms with E-state index in [9.17, 15) is 4.79 Å². The molecule has 0 radical (unpaired) electrons. The molecule has 0 atom stereocenters. The average Bonchev–Trinajstić information content (AvgIpc) is 2.28. The number of esters is 1. The van der Waals surface area contributed by atoms with Crippen LogP contribution in [0.25, 0.3) is 6.08 Å². The van der Waals surface area contributed by atoms with Gasteiger partial charge in [-0.25, -0.2) is 4.79 Å². The second-order valence-corrected chi connectivity index (χ2v) is 5.94. The fourth-order valence-electron chi connectivity index (χ4n) is 1.48. The third-order valence-electron chi connectivity index (χ3n) is 2.54. The molecule has 1 aromatic rings. The lowest BCUT2D eigenvalue weighted by Gasteiger charge is -2.18. The molecule has 18 heavy (non-hydrogen) atoms. The Labute approximate surface area is 117 Å². The standard InChI is InChI=1S/C15H19BrO2/c1-5-18-14(17)13(16)10-11-6-8-12(9-7-11)15(2,3)4/h6-10H,5H2,1-4H3/b13-10+. The molecule has 0 amide bonds. The molecule has 3 heteroatoms. The largest absolute Gasteiger partial charge is 0.462 e. The number of hydrogen-bond acceptors (Lipinski definition) is 2. The lowest BCUT2D eigenvalue weighted by Crippen LogP contribution is -2.10. The van der Waals surface area contributed by atoms with Crippen molar-refractivity contribution in [3.05, 3.63) is 39.9 Å². The minimum atomic E-state index is -0.336. The molecular weight excluding hydrogens is 292 g/mol. The molecule has 0 aliphatic carbocycles. The van der Waals surface area contributed by atoms with Crippen LogP contribution in [0.1, 0.15) is 38.8 Å². The molecule has 0 spiro atoms. The van der Waals surface area contributed by atoms with Gasteiger partial charge in [-0.3, -0.25) is 0 Å². The van der Waals surface area contributed by atoms with Gasteiger partial charge < -0.3 is 4.74 Å². The molecule has 0 fully saturated rings. The SMILES string of the molecule is CCOC(=O)/C(Br)=C\c1ccc(C(C)(C)C)cc1. The third kappa shape index (κ3) is 4.30. The van der Waals surface area contributed by atoms with Crippen LogP contribution in [0.2, 0.25) is 0 Å². The predicted octanol–water partition coefficient (Wildman–Crippen LogP) is 4.28. The molecular formula is C15H19BrO2. The lowest BCUT2D eigenvalue weighted by atomic mass is 9.87. The minimum absolute atomic E-state index is 0.140. The summed E-state index contributed by atoms with van der Waals surface area (Å²) < 4.78 is 5.34. The van der Waals surface area contributed by atoms with Crippen molar-refractivity contribution in [1.82, 2.24) is 0 Å². The van der Waals surface area contributed by atoms with E-state index in [1.807, 2.05) is 12.1 Å². The van der Waals surface area contributed by atoms with Crippen molar-refractivity contribution in [2.45, 2.75) is 33.1 Å². The van der Waals surface area contributed by atoms with Gasteiger partial charge >= 0.3 is 5.97 Å². The number of halogens is 1. The van der Waals surface area contributed by atoms with Crippen molar-refractivity contribution in [3.8, 4) is 0 Å². The van der Waals surface area contributed by atoms with Gasteiger partial charge in [-0.15, -0.1) is 0 Å². The Morgan fingerprint density at radius 1 is 1.28 bits per heavy atom. The van der Waals surface area contributed by atoms with E-state index < -0.39 is 0 Å². The van der Waals surface area contributed by atoms with Crippen LogP contribution in [0.15, 0.2) is 28.7 Å². The van der Waals surface area contributed by atoms with E-state index in [-0.39, 0.29) is 11.4 Å². The van der Waals surface area contributed by atoms with Crippen LogP contribution in [0.3, 0.4) is 0 Å². The van der Waals surface area contributed by atoms with Gasteiger partial charge in [0.25, 0.3) is 0 Å². The van der Waals surface area contributed by atoms with Gasteiger partial charge in [-0.05, 0) is 45.5 Å². The average molecular weight is 311 g/mol. The highest BCUT2D eigenvalue weighted by atomic mass is 79.9. The van der Waals surface area contributed by atoms with Crippen LogP contribution >= 0.6 is 15.9 Å². The summed E-state index contributed by atoms with van der Waals surface area (Å²) in [5.41, 5.74) is 2.38. The summed E-state index contributed by atoms with van der Waals surface area (Å²) in [7, 11) is 0. The summed E-state index contributed by atoms with van der Waals surface area (Å²) >= 11 is 3.23. The molecule has 2 nitrogen and oxygen atoms in total. The summed E-state index contributed by atoms with van der Waals surface area (Å²) in [6.45, 7) is 8.69. The maximum Gasteiger partial charge on any atom is 0.345 e. The van der Waals surface area contributed by atoms with E-state index in [0.29, 0.717) is 11.1 Å². The fraction of sp³-hybridized carbons (Fsp3) is 0.400. The monoisotopic (exact) mass is 310 g/mol. The van der Waals surface area contributed by atoms with E-state index in [4.69, 9.17) is 4.74 Å². The normalized spacial score (nSPS) is 12.4. The molecule has 0 N–H and O–H groups in total. The van der Waals surface area contributed by atoms with Gasteiger partial charge in [0.15, 0.2) is 0 Å². The zero-order chi connectivity index (χ0) is 13.8. The molecule has 1 rings (SSSR count). The maximum atomic E-state index is 11.4. The first-order valence-corrected chi connectivity index (χ1v) is 6.78. The Hall–Kier alpha value is -1.09. The first kappa shape index (κ1) is 15.0. The lowest BCUT2D eigenvalue weighted by molar-refractivity contribution is -0.137. The topological polar surface area (TPSA) is 26.3 Å². The van der Waals surface area contributed by atoms with Crippen LogP contribution in [0, 0.1) is 0 Å². The zero-order valence-electron chi connectivity index (χ0n) is 11.3. The molecule has 0 unspecified atom stereocenters. The number of carbonyl (C=O) groups excluding carboxylic acids is 1. The fourth-order valence-corrected chi connectivity index (χ4v) is 1.86. The van der Waals surface area contributed by atoms with Crippen LogP contribution in [0.5, 0.6) is 0 Å². The Bertz CT molecular complexity index is 439. The first-order valence-electron chi connectivity index (χ1n) is 5.99. The molecule has 0 aliphatic heterocycles. The van der Waals surface area contributed by atoms with E-state index in [1.165, 1.54) is 5.56 Å². The second kappa shape index (κ2) is 6.19. The first-order chi connectivity index (χ1) is 8.34. The van der Waals surface area contributed by atoms with Crippen molar-refractivity contribution in [3.63, 3.8) is 0 Å². The maximum absolute atomic E-state index is 11.4. The molecule has 0 bridgehead atoms. The van der Waals surface area contributed by atoms with Gasteiger partial charge in [-0.1, -0.05) is 45.0 Å². The van der Waals surface area contributed by atoms with Crippen molar-refractivity contribution < 1.29 is 9.53 Å². The number of benzene rings is 1. The van der Waals surface area contributed by atoms with Crippen molar-refractivity contribution >= 4 is 28.0 Å². The van der Waals surface area contributed by atoms with Crippen molar-refractivity contribution in [1.29, 1.82) is 0 Å². The third-order valence-corrected chi connectivity index (χ3v) is 3.09. The van der Waals surface area contributed by atoms with Gasteiger partial charge in [0.05, 0.1) is 6.61 Å². The van der Waals surface area contributed by atoms with Crippen LogP contribution in [-0.2, 0) is 14.9 Å². The highest BCUT2D eigenvalue weighted by molar-refractivity contribution is 9.12. The number of carbonyl (C=O) groups is 1.